The Bertz CT molecular complexity index is 714. The first-order chi connectivity index (χ1) is 10.1. The standard InChI is InChI=1S/C16H15BrFN3/c1-10-4-2-3-5-14(10)21-15(9-20-16(21)19)11-6-7-12(17)13(18)8-11/h2-8,15H,9H2,1H3,(H2,19,20). The number of halogens is 2. The number of aryl methyl sites for hydroxylation is 1. The lowest BCUT2D eigenvalue weighted by molar-refractivity contribution is 0.615. The highest BCUT2D eigenvalue weighted by molar-refractivity contribution is 9.10. The van der Waals surface area contributed by atoms with E-state index in [1.54, 1.807) is 6.07 Å². The van der Waals surface area contributed by atoms with Crippen LogP contribution in [0.5, 0.6) is 0 Å². The van der Waals surface area contributed by atoms with E-state index in [1.807, 2.05) is 42.2 Å². The molecule has 3 rings (SSSR count). The number of hydrogen-bond donors (Lipinski definition) is 1. The Morgan fingerprint density at radius 2 is 2.05 bits per heavy atom. The van der Waals surface area contributed by atoms with E-state index >= 15 is 0 Å². The summed E-state index contributed by atoms with van der Waals surface area (Å²) >= 11 is 3.18. The van der Waals surface area contributed by atoms with Crippen LogP contribution in [0.25, 0.3) is 0 Å². The van der Waals surface area contributed by atoms with Gasteiger partial charge >= 0.3 is 0 Å². The molecule has 0 spiro atoms. The summed E-state index contributed by atoms with van der Waals surface area (Å²) in [5, 5.41) is 0. The molecule has 1 unspecified atom stereocenters. The zero-order valence-corrected chi connectivity index (χ0v) is 13.1. The summed E-state index contributed by atoms with van der Waals surface area (Å²) in [7, 11) is 0. The Kier molecular flexibility index (Phi) is 3.68. The highest BCUT2D eigenvalue weighted by Crippen LogP contribution is 2.34. The van der Waals surface area contributed by atoms with Gasteiger partial charge in [0.1, 0.15) is 5.82 Å². The Balaban J connectivity index is 2.03. The number of aliphatic imine (C=N–C) groups is 1. The zero-order chi connectivity index (χ0) is 15.0. The van der Waals surface area contributed by atoms with Gasteiger partial charge in [-0.3, -0.25) is 4.99 Å². The second-order valence-electron chi connectivity index (χ2n) is 5.04. The smallest absolute Gasteiger partial charge is 0.196 e. The van der Waals surface area contributed by atoms with Gasteiger partial charge in [-0.25, -0.2) is 4.39 Å². The molecule has 2 aromatic rings. The minimum absolute atomic E-state index is 0.0753. The van der Waals surface area contributed by atoms with Crippen molar-refractivity contribution in [3.8, 4) is 0 Å². The molecule has 0 aliphatic carbocycles. The van der Waals surface area contributed by atoms with Crippen molar-refractivity contribution >= 4 is 27.6 Å². The van der Waals surface area contributed by atoms with Crippen LogP contribution in [0.3, 0.4) is 0 Å². The van der Waals surface area contributed by atoms with Gasteiger partial charge in [-0.05, 0) is 52.2 Å². The van der Waals surface area contributed by atoms with E-state index in [0.29, 0.717) is 17.0 Å². The van der Waals surface area contributed by atoms with Gasteiger partial charge in [-0.2, -0.15) is 0 Å². The van der Waals surface area contributed by atoms with Crippen LogP contribution in [0.2, 0.25) is 0 Å². The quantitative estimate of drug-likeness (QED) is 0.898. The van der Waals surface area contributed by atoms with E-state index in [9.17, 15) is 4.39 Å². The molecule has 2 aromatic carbocycles. The van der Waals surface area contributed by atoms with E-state index in [1.165, 1.54) is 6.07 Å². The Labute approximate surface area is 131 Å². The summed E-state index contributed by atoms with van der Waals surface area (Å²) < 4.78 is 14.3. The molecule has 3 nitrogen and oxygen atoms in total. The molecule has 0 fully saturated rings. The number of guanidine groups is 1. The molecule has 0 saturated carbocycles. The summed E-state index contributed by atoms with van der Waals surface area (Å²) in [5.41, 5.74) is 9.03. The molecule has 108 valence electrons. The van der Waals surface area contributed by atoms with Gasteiger partial charge in [0.05, 0.1) is 17.1 Å². The zero-order valence-electron chi connectivity index (χ0n) is 11.6. The van der Waals surface area contributed by atoms with Gasteiger partial charge < -0.3 is 10.6 Å². The van der Waals surface area contributed by atoms with E-state index < -0.39 is 0 Å². The lowest BCUT2D eigenvalue weighted by Crippen LogP contribution is -2.36. The maximum Gasteiger partial charge on any atom is 0.196 e. The lowest BCUT2D eigenvalue weighted by atomic mass is 10.0. The monoisotopic (exact) mass is 347 g/mol. The highest BCUT2D eigenvalue weighted by atomic mass is 79.9. The summed E-state index contributed by atoms with van der Waals surface area (Å²) in [4.78, 5) is 6.30. The fourth-order valence-electron chi connectivity index (χ4n) is 2.60. The minimum atomic E-state index is -0.275. The highest BCUT2D eigenvalue weighted by Gasteiger charge is 2.30. The van der Waals surface area contributed by atoms with Crippen LogP contribution in [0.4, 0.5) is 10.1 Å². The summed E-state index contributed by atoms with van der Waals surface area (Å²) in [5.74, 6) is 0.195. The van der Waals surface area contributed by atoms with E-state index in [2.05, 4.69) is 20.9 Å². The van der Waals surface area contributed by atoms with Crippen LogP contribution in [-0.2, 0) is 0 Å². The van der Waals surface area contributed by atoms with Crippen LogP contribution in [0.15, 0.2) is 51.9 Å². The van der Waals surface area contributed by atoms with Gasteiger partial charge in [0.2, 0.25) is 0 Å². The van der Waals surface area contributed by atoms with Crippen LogP contribution in [-0.4, -0.2) is 12.5 Å². The number of nitrogens with two attached hydrogens (primary N) is 1. The first kappa shape index (κ1) is 14.1. The average Bonchev–Trinajstić information content (AvgIpc) is 2.84. The number of anilines is 1. The fourth-order valence-corrected chi connectivity index (χ4v) is 2.84. The third-order valence-corrected chi connectivity index (χ3v) is 4.33. The summed E-state index contributed by atoms with van der Waals surface area (Å²) in [6.07, 6.45) is 0. The first-order valence-electron chi connectivity index (χ1n) is 6.67. The third kappa shape index (κ3) is 2.53. The van der Waals surface area contributed by atoms with Crippen molar-refractivity contribution in [3.05, 3.63) is 63.9 Å². The van der Waals surface area contributed by atoms with Crippen LogP contribution < -0.4 is 10.6 Å². The third-order valence-electron chi connectivity index (χ3n) is 3.69. The van der Waals surface area contributed by atoms with Crippen molar-refractivity contribution in [3.63, 3.8) is 0 Å². The predicted molar refractivity (Wildman–Crippen MR) is 87.0 cm³/mol. The largest absolute Gasteiger partial charge is 0.369 e. The predicted octanol–water partition coefficient (Wildman–Crippen LogP) is 3.77. The maximum absolute atomic E-state index is 13.8. The minimum Gasteiger partial charge on any atom is -0.369 e. The van der Waals surface area contributed by atoms with Gasteiger partial charge in [-0.15, -0.1) is 0 Å². The Morgan fingerprint density at radius 1 is 1.29 bits per heavy atom. The van der Waals surface area contributed by atoms with E-state index in [0.717, 1.165) is 16.8 Å². The molecule has 0 bridgehead atoms. The van der Waals surface area contributed by atoms with Gasteiger partial charge in [0.25, 0.3) is 0 Å². The Hall–Kier alpha value is -1.88. The number of hydrogen-bond acceptors (Lipinski definition) is 3. The molecule has 1 aliphatic heterocycles. The molecule has 0 radical (unpaired) electrons. The van der Waals surface area contributed by atoms with Gasteiger partial charge in [0.15, 0.2) is 5.96 Å². The number of para-hydroxylation sites is 1. The number of nitrogens with zero attached hydrogens (tertiary/aromatic N) is 2. The van der Waals surface area contributed by atoms with E-state index in [4.69, 9.17) is 5.73 Å². The molecular weight excluding hydrogens is 333 g/mol. The lowest BCUT2D eigenvalue weighted by Gasteiger charge is -2.28. The molecule has 5 heteroatoms. The van der Waals surface area contributed by atoms with Gasteiger partial charge in [-0.1, -0.05) is 24.3 Å². The van der Waals surface area contributed by atoms with Crippen molar-refractivity contribution in [2.45, 2.75) is 13.0 Å². The van der Waals surface area contributed by atoms with Crippen LogP contribution >= 0.6 is 15.9 Å². The Morgan fingerprint density at radius 3 is 2.76 bits per heavy atom. The molecular formula is C16H15BrFN3. The molecule has 0 aromatic heterocycles. The number of rotatable bonds is 2. The van der Waals surface area contributed by atoms with Crippen molar-refractivity contribution in [2.75, 3.05) is 11.4 Å². The molecule has 2 N–H and O–H groups in total. The molecule has 0 saturated heterocycles. The SMILES string of the molecule is Cc1ccccc1N1C(N)=NCC1c1ccc(Br)c(F)c1. The van der Waals surface area contributed by atoms with Crippen molar-refractivity contribution < 1.29 is 4.39 Å². The van der Waals surface area contributed by atoms with Gasteiger partial charge in [0, 0.05) is 5.69 Å². The molecule has 1 atom stereocenters. The topological polar surface area (TPSA) is 41.6 Å². The fraction of sp³-hybridized carbons (Fsp3) is 0.188. The van der Waals surface area contributed by atoms with Crippen molar-refractivity contribution in [2.24, 2.45) is 10.7 Å². The van der Waals surface area contributed by atoms with E-state index in [-0.39, 0.29) is 11.9 Å². The van der Waals surface area contributed by atoms with Crippen molar-refractivity contribution in [1.29, 1.82) is 0 Å². The van der Waals surface area contributed by atoms with Crippen LogP contribution in [0, 0.1) is 12.7 Å². The van der Waals surface area contributed by atoms with Crippen molar-refractivity contribution in [1.82, 2.24) is 0 Å². The average molecular weight is 348 g/mol. The molecule has 1 heterocycles. The first-order valence-corrected chi connectivity index (χ1v) is 7.47. The maximum atomic E-state index is 13.8. The second-order valence-corrected chi connectivity index (χ2v) is 5.90. The normalized spacial score (nSPS) is 18.0. The van der Waals surface area contributed by atoms with Crippen LogP contribution in [0.1, 0.15) is 17.2 Å². The number of benzene rings is 2. The summed E-state index contributed by atoms with van der Waals surface area (Å²) in [6.45, 7) is 2.56. The molecule has 1 aliphatic rings. The second kappa shape index (κ2) is 5.48. The molecule has 0 amide bonds. The molecule has 21 heavy (non-hydrogen) atoms. The summed E-state index contributed by atoms with van der Waals surface area (Å²) in [6, 6.07) is 13.1.